The van der Waals surface area contributed by atoms with Gasteiger partial charge >= 0.3 is 12.1 Å². The number of hydrogen-bond donors (Lipinski definition) is 0. The lowest BCUT2D eigenvalue weighted by atomic mass is 9.98. The molecule has 0 bridgehead atoms. The zero-order valence-corrected chi connectivity index (χ0v) is 37.0. The first-order chi connectivity index (χ1) is 30.6. The number of rotatable bonds is 42. The summed E-state index contributed by atoms with van der Waals surface area (Å²) >= 11 is 0. The van der Waals surface area contributed by atoms with Crippen molar-refractivity contribution in [1.82, 2.24) is 4.90 Å². The average molecular weight is 882 g/mol. The van der Waals surface area contributed by atoms with Crippen LogP contribution in [0.5, 0.6) is 0 Å². The Morgan fingerprint density at radius 3 is 1.08 bits per heavy atom. The summed E-state index contributed by atoms with van der Waals surface area (Å²) in [6.45, 7) is 13.9. The molecule has 0 unspecified atom stereocenters. The fourth-order valence-electron chi connectivity index (χ4n) is 5.91. The molecule has 3 rings (SSSR count). The summed E-state index contributed by atoms with van der Waals surface area (Å²) in [5.74, 6) is -0.222. The lowest BCUT2D eigenvalue weighted by Gasteiger charge is -2.19. The zero-order valence-electron chi connectivity index (χ0n) is 37.0. The number of carbonyl (C=O) groups excluding carboxylic acids is 2. The predicted octanol–water partition coefficient (Wildman–Crippen LogP) is 4.02. The summed E-state index contributed by atoms with van der Waals surface area (Å²) in [5.41, 5.74) is 4.78. The number of hydrogen-bond acceptors (Lipinski definition) is 16. The Kier molecular flexibility index (Phi) is 31.7. The van der Waals surface area contributed by atoms with Gasteiger partial charge in [-0.2, -0.15) is 0 Å². The first-order valence-corrected chi connectivity index (χ1v) is 21.8. The zero-order chi connectivity index (χ0) is 44.0. The van der Waals surface area contributed by atoms with E-state index in [-0.39, 0.29) is 24.4 Å². The Hall–Kier alpha value is -3.30. The highest BCUT2D eigenvalue weighted by Crippen LogP contribution is 2.44. The molecule has 0 aromatic heterocycles. The van der Waals surface area contributed by atoms with Gasteiger partial charge in [-0.3, -0.25) is 4.79 Å². The third kappa shape index (κ3) is 25.1. The van der Waals surface area contributed by atoms with Crippen LogP contribution in [0, 0.1) is 0 Å². The molecule has 0 radical (unpaired) electrons. The molecule has 0 aliphatic heterocycles. The van der Waals surface area contributed by atoms with Gasteiger partial charge in [0.15, 0.2) is 0 Å². The minimum Gasteiger partial charge on any atom is -0.466 e. The van der Waals surface area contributed by atoms with E-state index in [0.29, 0.717) is 178 Å². The maximum absolute atomic E-state index is 12.6. The molecule has 1 aliphatic rings. The van der Waals surface area contributed by atoms with Gasteiger partial charge in [0.05, 0.1) is 172 Å². The lowest BCUT2D eigenvalue weighted by Crippen LogP contribution is -2.32. The molecule has 352 valence electrons. The van der Waals surface area contributed by atoms with Crippen LogP contribution in [0.15, 0.2) is 48.5 Å². The number of ether oxygens (including phenoxy) is 14. The molecule has 17 nitrogen and oxygen atoms in total. The van der Waals surface area contributed by atoms with E-state index in [1.54, 1.807) is 14.0 Å². The smallest absolute Gasteiger partial charge is 0.409 e. The van der Waals surface area contributed by atoms with E-state index < -0.39 is 0 Å². The molecule has 0 saturated heterocycles. The molecule has 0 atom stereocenters. The van der Waals surface area contributed by atoms with Crippen molar-refractivity contribution in [2.24, 2.45) is 0 Å². The Labute approximate surface area is 367 Å². The van der Waals surface area contributed by atoms with E-state index in [1.165, 1.54) is 27.2 Å². The number of esters is 1. The minimum absolute atomic E-state index is 0.0334. The van der Waals surface area contributed by atoms with Gasteiger partial charge in [-0.1, -0.05) is 48.5 Å². The lowest BCUT2D eigenvalue weighted by molar-refractivity contribution is -0.144. The molecule has 0 fully saturated rings. The van der Waals surface area contributed by atoms with E-state index in [1.807, 2.05) is 24.3 Å². The van der Waals surface area contributed by atoms with Gasteiger partial charge in [-0.05, 0) is 29.2 Å². The van der Waals surface area contributed by atoms with Gasteiger partial charge in [-0.15, -0.1) is 0 Å². The van der Waals surface area contributed by atoms with Crippen molar-refractivity contribution in [2.45, 2.75) is 19.3 Å². The Balaban J connectivity index is 0.935. The third-order valence-corrected chi connectivity index (χ3v) is 9.07. The first kappa shape index (κ1) is 53.0. The topological polar surface area (TPSA) is 167 Å². The van der Waals surface area contributed by atoms with Crippen molar-refractivity contribution < 1.29 is 75.9 Å². The number of amides is 1. The van der Waals surface area contributed by atoms with Gasteiger partial charge in [0, 0.05) is 19.5 Å². The fourth-order valence-corrected chi connectivity index (χ4v) is 5.91. The van der Waals surface area contributed by atoms with Gasteiger partial charge in [0.2, 0.25) is 0 Å². The molecule has 1 amide bonds. The van der Waals surface area contributed by atoms with Gasteiger partial charge in [-0.25, -0.2) is 4.79 Å². The molecule has 62 heavy (non-hydrogen) atoms. The number of nitrogens with zero attached hydrogens (tertiary/aromatic N) is 1. The van der Waals surface area contributed by atoms with Crippen molar-refractivity contribution in [3.05, 3.63) is 59.7 Å². The van der Waals surface area contributed by atoms with Crippen LogP contribution in [-0.4, -0.2) is 202 Å². The van der Waals surface area contributed by atoms with Crippen molar-refractivity contribution >= 4 is 12.1 Å². The van der Waals surface area contributed by atoms with Crippen LogP contribution in [0.3, 0.4) is 0 Å². The first-order valence-electron chi connectivity index (χ1n) is 21.8. The molecule has 0 saturated carbocycles. The van der Waals surface area contributed by atoms with Gasteiger partial charge in [0.1, 0.15) is 6.61 Å². The van der Waals surface area contributed by atoms with Crippen molar-refractivity contribution in [1.29, 1.82) is 0 Å². The quantitative estimate of drug-likeness (QED) is 0.0693. The van der Waals surface area contributed by atoms with Crippen LogP contribution in [0.1, 0.15) is 30.4 Å². The largest absolute Gasteiger partial charge is 0.466 e. The Morgan fingerprint density at radius 2 is 0.742 bits per heavy atom. The third-order valence-electron chi connectivity index (χ3n) is 9.07. The summed E-state index contributed by atoms with van der Waals surface area (Å²) in [6, 6.07) is 16.6. The van der Waals surface area contributed by atoms with Gasteiger partial charge < -0.3 is 71.2 Å². The van der Waals surface area contributed by atoms with E-state index in [9.17, 15) is 9.59 Å². The Bertz CT molecular complexity index is 1360. The number of fused-ring (bicyclic) bond motifs is 3. The van der Waals surface area contributed by atoms with E-state index in [4.69, 9.17) is 66.3 Å². The van der Waals surface area contributed by atoms with Crippen LogP contribution in [0.4, 0.5) is 4.79 Å². The summed E-state index contributed by atoms with van der Waals surface area (Å²) in [4.78, 5) is 25.3. The molecule has 0 heterocycles. The summed E-state index contributed by atoms with van der Waals surface area (Å²) in [6.07, 6.45) is -0.119. The molecule has 0 N–H and O–H groups in total. The molecular weight excluding hydrogens is 810 g/mol. The summed E-state index contributed by atoms with van der Waals surface area (Å²) in [5, 5.41) is 0. The standard InChI is InChI=1S/C45H71NO16/c1-3-61-44(47)12-14-49-16-18-51-20-22-53-24-26-55-28-30-57-32-34-59-36-37-60-35-33-58-31-29-56-27-25-54-23-21-52-19-17-50-15-13-46(2)45(48)62-38-43-41-10-6-4-8-39(41)40-9-5-7-11-42(40)43/h4-11,43H,3,12-38H2,1-2H3. The monoisotopic (exact) mass is 881 g/mol. The summed E-state index contributed by atoms with van der Waals surface area (Å²) < 4.78 is 76.4. The summed E-state index contributed by atoms with van der Waals surface area (Å²) in [7, 11) is 1.71. The second-order valence-electron chi connectivity index (χ2n) is 13.6. The minimum atomic E-state index is -0.369. The molecule has 2 aromatic rings. The Morgan fingerprint density at radius 1 is 0.435 bits per heavy atom. The van der Waals surface area contributed by atoms with E-state index in [2.05, 4.69) is 24.3 Å². The fraction of sp³-hybridized carbons (Fsp3) is 0.689. The molecular formula is C45H71NO16. The highest BCUT2D eigenvalue weighted by Gasteiger charge is 2.29. The van der Waals surface area contributed by atoms with Crippen LogP contribution < -0.4 is 0 Å². The SMILES string of the molecule is CCOC(=O)CCOCCOCCOCCOCCOCCOCCOCCOCCOCCOCCOCCOCCN(C)C(=O)OCC1c2ccccc2-c2ccccc21. The highest BCUT2D eigenvalue weighted by atomic mass is 16.6. The van der Waals surface area contributed by atoms with E-state index in [0.717, 1.165) is 0 Å². The maximum atomic E-state index is 12.6. The predicted molar refractivity (Wildman–Crippen MR) is 229 cm³/mol. The van der Waals surface area contributed by atoms with E-state index >= 15 is 0 Å². The van der Waals surface area contributed by atoms with Crippen LogP contribution in [0.2, 0.25) is 0 Å². The van der Waals surface area contributed by atoms with Crippen molar-refractivity contribution in [2.75, 3.05) is 185 Å². The molecule has 1 aliphatic carbocycles. The number of benzene rings is 2. The van der Waals surface area contributed by atoms with Crippen LogP contribution >= 0.6 is 0 Å². The molecule has 0 spiro atoms. The maximum Gasteiger partial charge on any atom is 0.409 e. The van der Waals surface area contributed by atoms with Crippen LogP contribution in [0.25, 0.3) is 11.1 Å². The number of carbonyl (C=O) groups is 2. The van der Waals surface area contributed by atoms with Gasteiger partial charge in [0.25, 0.3) is 0 Å². The number of likely N-dealkylation sites (N-methyl/N-ethyl adjacent to an activating group) is 1. The van der Waals surface area contributed by atoms with Crippen molar-refractivity contribution in [3.8, 4) is 11.1 Å². The molecule has 2 aromatic carbocycles. The van der Waals surface area contributed by atoms with Crippen LogP contribution in [-0.2, 0) is 71.1 Å². The average Bonchev–Trinajstić information content (AvgIpc) is 3.61. The second kappa shape index (κ2) is 37.1. The second-order valence-corrected chi connectivity index (χ2v) is 13.6. The highest BCUT2D eigenvalue weighted by molar-refractivity contribution is 5.79. The van der Waals surface area contributed by atoms with Crippen molar-refractivity contribution in [3.63, 3.8) is 0 Å². The molecule has 17 heteroatoms. The normalized spacial score (nSPS) is 12.1.